The van der Waals surface area contributed by atoms with Crippen LogP contribution in [0.25, 0.3) is 11.0 Å². The molecule has 7 heteroatoms. The minimum absolute atomic E-state index is 0.0261. The Balaban J connectivity index is 1.29. The number of hydrogen-bond donors (Lipinski definition) is 1. The van der Waals surface area contributed by atoms with E-state index in [0.717, 1.165) is 39.3 Å². The molecule has 3 aromatic rings. The van der Waals surface area contributed by atoms with E-state index in [0.29, 0.717) is 31.5 Å². The highest BCUT2D eigenvalue weighted by atomic mass is 16.5. The highest BCUT2D eigenvalue weighted by Gasteiger charge is 2.24. The van der Waals surface area contributed by atoms with Crippen molar-refractivity contribution in [3.8, 4) is 5.75 Å². The summed E-state index contributed by atoms with van der Waals surface area (Å²) in [6, 6.07) is 11.3. The van der Waals surface area contributed by atoms with E-state index in [-0.39, 0.29) is 24.5 Å². The summed E-state index contributed by atoms with van der Waals surface area (Å²) in [6.07, 6.45) is 1.43. The van der Waals surface area contributed by atoms with Crippen LogP contribution in [-0.4, -0.2) is 52.4 Å². The van der Waals surface area contributed by atoms with Gasteiger partial charge in [-0.2, -0.15) is 0 Å². The van der Waals surface area contributed by atoms with Crippen LogP contribution in [-0.2, 0) is 4.79 Å². The predicted molar refractivity (Wildman–Crippen MR) is 127 cm³/mol. The Labute approximate surface area is 194 Å². The standard InChI is InChI=1S/C26H30N4O3/c1-16-6-5-7-24(17(16)2)33-15-25(31)30-12-10-21(11-13-30)29-26(32)20-8-9-22-23(14-20)28-19(4)18(3)27-22/h5-9,14,21H,10-13,15H2,1-4H3,(H,29,32). The van der Waals surface area contributed by atoms with Crippen molar-refractivity contribution in [2.45, 2.75) is 46.6 Å². The molecule has 2 heterocycles. The molecule has 0 radical (unpaired) electrons. The van der Waals surface area contributed by atoms with Crippen molar-refractivity contribution >= 4 is 22.8 Å². The Morgan fingerprint density at radius 3 is 2.42 bits per heavy atom. The Morgan fingerprint density at radius 2 is 1.70 bits per heavy atom. The Morgan fingerprint density at radius 1 is 1.00 bits per heavy atom. The predicted octanol–water partition coefficient (Wildman–Crippen LogP) is 3.66. The number of fused-ring (bicyclic) bond motifs is 1. The van der Waals surface area contributed by atoms with E-state index in [4.69, 9.17) is 4.74 Å². The summed E-state index contributed by atoms with van der Waals surface area (Å²) < 4.78 is 5.76. The topological polar surface area (TPSA) is 84.4 Å². The van der Waals surface area contributed by atoms with Crippen molar-refractivity contribution in [1.82, 2.24) is 20.2 Å². The SMILES string of the molecule is Cc1cccc(OCC(=O)N2CCC(NC(=O)c3ccc4nc(C)c(C)nc4c3)CC2)c1C. The summed E-state index contributed by atoms with van der Waals surface area (Å²) in [5.41, 5.74) is 6.01. The zero-order valence-corrected chi connectivity index (χ0v) is 19.6. The quantitative estimate of drug-likeness (QED) is 0.647. The normalized spacial score (nSPS) is 14.4. The number of likely N-dealkylation sites (tertiary alicyclic amines) is 1. The molecule has 172 valence electrons. The number of nitrogens with zero attached hydrogens (tertiary/aromatic N) is 3. The number of aryl methyl sites for hydroxylation is 3. The average Bonchev–Trinajstić information content (AvgIpc) is 2.80. The molecule has 2 amide bonds. The molecule has 0 saturated carbocycles. The minimum atomic E-state index is -0.125. The van der Waals surface area contributed by atoms with Crippen molar-refractivity contribution in [3.63, 3.8) is 0 Å². The Kier molecular flexibility index (Phi) is 6.58. The third kappa shape index (κ3) is 5.13. The lowest BCUT2D eigenvalue weighted by molar-refractivity contribution is -0.134. The van der Waals surface area contributed by atoms with E-state index in [1.165, 1.54) is 0 Å². The van der Waals surface area contributed by atoms with E-state index >= 15 is 0 Å². The number of hydrogen-bond acceptors (Lipinski definition) is 5. The average molecular weight is 447 g/mol. The fourth-order valence-corrected chi connectivity index (χ4v) is 4.03. The summed E-state index contributed by atoms with van der Waals surface area (Å²) in [6.45, 7) is 9.08. The lowest BCUT2D eigenvalue weighted by atomic mass is 10.0. The monoisotopic (exact) mass is 446 g/mol. The van der Waals surface area contributed by atoms with Gasteiger partial charge in [0.1, 0.15) is 5.75 Å². The summed E-state index contributed by atoms with van der Waals surface area (Å²) in [5, 5.41) is 3.10. The van der Waals surface area contributed by atoms with Crippen molar-refractivity contribution in [1.29, 1.82) is 0 Å². The van der Waals surface area contributed by atoms with Gasteiger partial charge in [0.2, 0.25) is 0 Å². The summed E-state index contributed by atoms with van der Waals surface area (Å²) >= 11 is 0. The van der Waals surface area contributed by atoms with Crippen molar-refractivity contribution in [3.05, 3.63) is 64.5 Å². The molecule has 0 spiro atoms. The van der Waals surface area contributed by atoms with Gasteiger partial charge in [-0.1, -0.05) is 12.1 Å². The van der Waals surface area contributed by atoms with E-state index in [2.05, 4.69) is 15.3 Å². The van der Waals surface area contributed by atoms with E-state index in [1.54, 1.807) is 12.1 Å². The summed E-state index contributed by atoms with van der Waals surface area (Å²) in [5.74, 6) is 0.593. The first-order valence-electron chi connectivity index (χ1n) is 11.3. The lowest BCUT2D eigenvalue weighted by Gasteiger charge is -2.32. The molecule has 1 aromatic heterocycles. The number of benzene rings is 2. The van der Waals surface area contributed by atoms with Gasteiger partial charge in [-0.05, 0) is 75.9 Å². The first kappa shape index (κ1) is 22.7. The molecule has 2 aromatic carbocycles. The lowest BCUT2D eigenvalue weighted by Crippen LogP contribution is -2.47. The number of aromatic nitrogens is 2. The number of nitrogens with one attached hydrogen (secondary N) is 1. The second-order valence-electron chi connectivity index (χ2n) is 8.71. The van der Waals surface area contributed by atoms with Crippen molar-refractivity contribution < 1.29 is 14.3 Å². The molecular formula is C26H30N4O3. The fraction of sp³-hybridized carbons (Fsp3) is 0.385. The fourth-order valence-electron chi connectivity index (χ4n) is 4.03. The third-order valence-electron chi connectivity index (χ3n) is 6.43. The molecule has 1 saturated heterocycles. The Hall–Kier alpha value is -3.48. The maximum atomic E-state index is 12.8. The van der Waals surface area contributed by atoms with Crippen LogP contribution in [0.15, 0.2) is 36.4 Å². The van der Waals surface area contributed by atoms with Gasteiger partial charge in [-0.3, -0.25) is 9.59 Å². The second-order valence-corrected chi connectivity index (χ2v) is 8.71. The molecule has 4 rings (SSSR count). The van der Waals surface area contributed by atoms with Crippen molar-refractivity contribution in [2.75, 3.05) is 19.7 Å². The molecule has 1 N–H and O–H groups in total. The molecule has 0 bridgehead atoms. The molecular weight excluding hydrogens is 416 g/mol. The minimum Gasteiger partial charge on any atom is -0.483 e. The van der Waals surface area contributed by atoms with Gasteiger partial charge in [0, 0.05) is 24.7 Å². The number of amides is 2. The third-order valence-corrected chi connectivity index (χ3v) is 6.43. The first-order chi connectivity index (χ1) is 15.8. The van der Waals surface area contributed by atoms with Crippen LogP contribution < -0.4 is 10.1 Å². The highest BCUT2D eigenvalue weighted by Crippen LogP contribution is 2.21. The number of carbonyl (C=O) groups is 2. The number of rotatable bonds is 5. The van der Waals surface area contributed by atoms with Gasteiger partial charge < -0.3 is 15.0 Å². The molecule has 7 nitrogen and oxygen atoms in total. The van der Waals surface area contributed by atoms with Crippen LogP contribution in [0.5, 0.6) is 5.75 Å². The summed E-state index contributed by atoms with van der Waals surface area (Å²) in [7, 11) is 0. The second kappa shape index (κ2) is 9.57. The molecule has 1 aliphatic heterocycles. The summed E-state index contributed by atoms with van der Waals surface area (Å²) in [4.78, 5) is 36.3. The van der Waals surface area contributed by atoms with Crippen LogP contribution in [0.3, 0.4) is 0 Å². The van der Waals surface area contributed by atoms with Gasteiger partial charge in [0.05, 0.1) is 22.4 Å². The maximum Gasteiger partial charge on any atom is 0.260 e. The van der Waals surface area contributed by atoms with Gasteiger partial charge >= 0.3 is 0 Å². The molecule has 0 unspecified atom stereocenters. The largest absolute Gasteiger partial charge is 0.483 e. The van der Waals surface area contributed by atoms with Crippen LogP contribution in [0.1, 0.15) is 45.7 Å². The molecule has 0 aliphatic carbocycles. The number of piperidine rings is 1. The van der Waals surface area contributed by atoms with Crippen molar-refractivity contribution in [2.24, 2.45) is 0 Å². The van der Waals surface area contributed by atoms with E-state index in [9.17, 15) is 9.59 Å². The van der Waals surface area contributed by atoms with Gasteiger partial charge in [-0.15, -0.1) is 0 Å². The number of ether oxygens (including phenoxy) is 1. The van der Waals surface area contributed by atoms with Gasteiger partial charge in [-0.25, -0.2) is 9.97 Å². The zero-order chi connectivity index (χ0) is 23.5. The van der Waals surface area contributed by atoms with E-state index < -0.39 is 0 Å². The van der Waals surface area contributed by atoms with Crippen LogP contribution in [0, 0.1) is 27.7 Å². The van der Waals surface area contributed by atoms with Crippen LogP contribution in [0.2, 0.25) is 0 Å². The maximum absolute atomic E-state index is 12.8. The van der Waals surface area contributed by atoms with Gasteiger partial charge in [0.25, 0.3) is 11.8 Å². The molecule has 33 heavy (non-hydrogen) atoms. The smallest absolute Gasteiger partial charge is 0.260 e. The number of carbonyl (C=O) groups excluding carboxylic acids is 2. The highest BCUT2D eigenvalue weighted by molar-refractivity contribution is 5.97. The van der Waals surface area contributed by atoms with E-state index in [1.807, 2.05) is 56.9 Å². The van der Waals surface area contributed by atoms with Gasteiger partial charge in [0.15, 0.2) is 6.61 Å². The molecule has 1 aliphatic rings. The first-order valence-corrected chi connectivity index (χ1v) is 11.3. The zero-order valence-electron chi connectivity index (χ0n) is 19.6. The van der Waals surface area contributed by atoms with Crippen LogP contribution >= 0.6 is 0 Å². The Bertz CT molecular complexity index is 1200. The van der Waals surface area contributed by atoms with Crippen LogP contribution in [0.4, 0.5) is 0 Å². The molecule has 0 atom stereocenters. The molecule has 1 fully saturated rings.